The van der Waals surface area contributed by atoms with Gasteiger partial charge in [-0.25, -0.2) is 4.98 Å². The highest BCUT2D eigenvalue weighted by Gasteiger charge is 2.20. The Morgan fingerprint density at radius 1 is 1.50 bits per heavy atom. The van der Waals surface area contributed by atoms with E-state index in [1.807, 2.05) is 13.1 Å². The highest BCUT2D eigenvalue weighted by molar-refractivity contribution is 5.64. The number of anilines is 1. The van der Waals surface area contributed by atoms with E-state index >= 15 is 0 Å². The number of nitriles is 1. The Labute approximate surface area is 114 Å². The summed E-state index contributed by atoms with van der Waals surface area (Å²) in [4.78, 5) is 14.3. The molecule has 2 aromatic rings. The minimum atomic E-state index is -0.599. The van der Waals surface area contributed by atoms with Crippen molar-refractivity contribution in [2.75, 3.05) is 11.9 Å². The largest absolute Gasteiger partial charge is 0.364 e. The molecule has 0 aliphatic rings. The lowest BCUT2D eigenvalue weighted by Gasteiger charge is -2.07. The first kappa shape index (κ1) is 13.5. The fourth-order valence-corrected chi connectivity index (χ4v) is 1.81. The summed E-state index contributed by atoms with van der Waals surface area (Å²) in [5.41, 5.74) is 0.699. The number of rotatable bonds is 5. The first-order valence-electron chi connectivity index (χ1n) is 5.87. The number of aromatic nitrogens is 3. The van der Waals surface area contributed by atoms with Gasteiger partial charge in [0.05, 0.1) is 4.92 Å². The normalized spacial score (nSPS) is 10.0. The van der Waals surface area contributed by atoms with Crippen LogP contribution in [0.3, 0.4) is 0 Å². The molecule has 2 rings (SSSR count). The molecule has 0 aliphatic heterocycles. The van der Waals surface area contributed by atoms with Crippen molar-refractivity contribution >= 4 is 11.5 Å². The molecule has 0 unspecified atom stereocenters. The predicted molar refractivity (Wildman–Crippen MR) is 71.0 cm³/mol. The highest BCUT2D eigenvalue weighted by Crippen LogP contribution is 2.25. The Morgan fingerprint density at radius 2 is 2.30 bits per heavy atom. The number of nitrogens with one attached hydrogen (secondary N) is 1. The van der Waals surface area contributed by atoms with Gasteiger partial charge < -0.3 is 5.32 Å². The van der Waals surface area contributed by atoms with Crippen LogP contribution in [0.4, 0.5) is 11.5 Å². The minimum absolute atomic E-state index is 0.00645. The molecule has 8 heteroatoms. The van der Waals surface area contributed by atoms with Gasteiger partial charge in [0.15, 0.2) is 0 Å². The first-order valence-corrected chi connectivity index (χ1v) is 5.87. The van der Waals surface area contributed by atoms with Crippen molar-refractivity contribution in [1.82, 2.24) is 14.8 Å². The van der Waals surface area contributed by atoms with Crippen LogP contribution in [0.2, 0.25) is 0 Å². The van der Waals surface area contributed by atoms with Crippen molar-refractivity contribution in [3.8, 4) is 6.07 Å². The fraction of sp³-hybridized carbons (Fsp3) is 0.250. The molecule has 0 saturated carbocycles. The maximum Gasteiger partial charge on any atom is 0.328 e. The SMILES string of the molecule is Cn1nccc1CCNc1nccc(C#N)c1[N+](=O)[O-]. The number of nitrogens with zero attached hydrogens (tertiary/aromatic N) is 5. The molecule has 1 N–H and O–H groups in total. The van der Waals surface area contributed by atoms with Crippen LogP contribution < -0.4 is 5.32 Å². The molecule has 0 aromatic carbocycles. The molecule has 2 heterocycles. The molecule has 0 fully saturated rings. The van der Waals surface area contributed by atoms with Crippen LogP contribution in [-0.2, 0) is 13.5 Å². The van der Waals surface area contributed by atoms with Crippen LogP contribution in [0.15, 0.2) is 24.5 Å². The van der Waals surface area contributed by atoms with Crippen molar-refractivity contribution in [1.29, 1.82) is 5.26 Å². The van der Waals surface area contributed by atoms with E-state index in [9.17, 15) is 10.1 Å². The lowest BCUT2D eigenvalue weighted by Crippen LogP contribution is -2.11. The maximum absolute atomic E-state index is 11.0. The van der Waals surface area contributed by atoms with Crippen molar-refractivity contribution in [3.05, 3.63) is 45.9 Å². The zero-order chi connectivity index (χ0) is 14.5. The monoisotopic (exact) mass is 272 g/mol. The molecular formula is C12H12N6O2. The van der Waals surface area contributed by atoms with Gasteiger partial charge in [0.2, 0.25) is 5.82 Å². The third-order valence-electron chi connectivity index (χ3n) is 2.82. The van der Waals surface area contributed by atoms with E-state index in [1.165, 1.54) is 12.3 Å². The van der Waals surface area contributed by atoms with E-state index in [0.29, 0.717) is 13.0 Å². The van der Waals surface area contributed by atoms with Crippen LogP contribution in [0.5, 0.6) is 0 Å². The topological polar surface area (TPSA) is 110 Å². The van der Waals surface area contributed by atoms with Crippen LogP contribution in [0.25, 0.3) is 0 Å². The van der Waals surface area contributed by atoms with Crippen molar-refractivity contribution in [3.63, 3.8) is 0 Å². The van der Waals surface area contributed by atoms with Gasteiger partial charge in [0.25, 0.3) is 0 Å². The van der Waals surface area contributed by atoms with E-state index in [1.54, 1.807) is 16.9 Å². The van der Waals surface area contributed by atoms with Gasteiger partial charge in [-0.05, 0) is 12.1 Å². The summed E-state index contributed by atoms with van der Waals surface area (Å²) in [6.45, 7) is 0.461. The van der Waals surface area contributed by atoms with E-state index in [4.69, 9.17) is 5.26 Å². The Kier molecular flexibility index (Phi) is 3.91. The minimum Gasteiger partial charge on any atom is -0.364 e. The summed E-state index contributed by atoms with van der Waals surface area (Å²) >= 11 is 0. The zero-order valence-electron chi connectivity index (χ0n) is 10.8. The second-order valence-corrected chi connectivity index (χ2v) is 4.05. The molecule has 102 valence electrons. The number of pyridine rings is 1. The first-order chi connectivity index (χ1) is 9.63. The van der Waals surface area contributed by atoms with E-state index < -0.39 is 4.92 Å². The highest BCUT2D eigenvalue weighted by atomic mass is 16.6. The summed E-state index contributed by atoms with van der Waals surface area (Å²) < 4.78 is 1.73. The van der Waals surface area contributed by atoms with Crippen molar-refractivity contribution in [2.45, 2.75) is 6.42 Å². The zero-order valence-corrected chi connectivity index (χ0v) is 10.8. The lowest BCUT2D eigenvalue weighted by atomic mass is 10.2. The molecule has 0 aliphatic carbocycles. The van der Waals surface area contributed by atoms with Gasteiger partial charge in [-0.1, -0.05) is 0 Å². The quantitative estimate of drug-likeness (QED) is 0.648. The predicted octanol–water partition coefficient (Wildman–Crippen LogP) is 1.25. The van der Waals surface area contributed by atoms with Gasteiger partial charge in [-0.3, -0.25) is 14.8 Å². The third-order valence-corrected chi connectivity index (χ3v) is 2.82. The molecule has 0 spiro atoms. The van der Waals surface area contributed by atoms with E-state index in [-0.39, 0.29) is 17.1 Å². The number of aryl methyl sites for hydroxylation is 1. The Balaban J connectivity index is 2.12. The van der Waals surface area contributed by atoms with Gasteiger partial charge >= 0.3 is 5.69 Å². The molecular weight excluding hydrogens is 260 g/mol. The standard InChI is InChI=1S/C12H12N6O2/c1-17-10(4-7-16-17)3-6-15-12-11(18(19)20)9(8-13)2-5-14-12/h2,4-5,7H,3,6H2,1H3,(H,14,15). The summed E-state index contributed by atoms with van der Waals surface area (Å²) in [7, 11) is 1.83. The second kappa shape index (κ2) is 5.79. The number of nitro groups is 1. The molecule has 0 saturated heterocycles. The van der Waals surface area contributed by atoms with Gasteiger partial charge in [0, 0.05) is 38.1 Å². The summed E-state index contributed by atoms with van der Waals surface area (Å²) in [6, 6.07) is 4.99. The summed E-state index contributed by atoms with van der Waals surface area (Å²) in [5, 5.41) is 26.8. The second-order valence-electron chi connectivity index (χ2n) is 4.05. The van der Waals surface area contributed by atoms with E-state index in [2.05, 4.69) is 15.4 Å². The van der Waals surface area contributed by atoms with Crippen LogP contribution in [0.1, 0.15) is 11.3 Å². The molecule has 2 aromatic heterocycles. The third kappa shape index (κ3) is 2.72. The van der Waals surface area contributed by atoms with Crippen LogP contribution in [-0.4, -0.2) is 26.2 Å². The average molecular weight is 272 g/mol. The number of hydrogen-bond donors (Lipinski definition) is 1. The maximum atomic E-state index is 11.0. The Morgan fingerprint density at radius 3 is 2.90 bits per heavy atom. The van der Waals surface area contributed by atoms with Crippen LogP contribution >= 0.6 is 0 Å². The molecule has 0 bridgehead atoms. The number of hydrogen-bond acceptors (Lipinski definition) is 6. The molecule has 0 radical (unpaired) electrons. The smallest absolute Gasteiger partial charge is 0.328 e. The molecule has 20 heavy (non-hydrogen) atoms. The Bertz CT molecular complexity index is 673. The van der Waals surface area contributed by atoms with Crippen molar-refractivity contribution in [2.24, 2.45) is 7.05 Å². The van der Waals surface area contributed by atoms with Gasteiger partial charge in [-0.15, -0.1) is 0 Å². The Hall–Kier alpha value is -2.95. The molecule has 8 nitrogen and oxygen atoms in total. The van der Waals surface area contributed by atoms with Crippen molar-refractivity contribution < 1.29 is 4.92 Å². The van der Waals surface area contributed by atoms with Gasteiger partial charge in [0.1, 0.15) is 11.6 Å². The molecule has 0 amide bonds. The fourth-order valence-electron chi connectivity index (χ4n) is 1.81. The van der Waals surface area contributed by atoms with E-state index in [0.717, 1.165) is 5.69 Å². The van der Waals surface area contributed by atoms with Gasteiger partial charge in [-0.2, -0.15) is 10.4 Å². The lowest BCUT2D eigenvalue weighted by molar-refractivity contribution is -0.384. The van der Waals surface area contributed by atoms with Crippen LogP contribution in [0, 0.1) is 21.4 Å². The average Bonchev–Trinajstić information content (AvgIpc) is 2.84. The summed E-state index contributed by atoms with van der Waals surface area (Å²) in [6.07, 6.45) is 3.70. The summed E-state index contributed by atoms with van der Waals surface area (Å²) in [5.74, 6) is 0.108. The molecule has 0 atom stereocenters.